The summed E-state index contributed by atoms with van der Waals surface area (Å²) in [5, 5.41) is 29.4. The number of nitrogens with zero attached hydrogens (tertiary/aromatic N) is 4. The van der Waals surface area contributed by atoms with Crippen molar-refractivity contribution in [3.05, 3.63) is 12.7 Å². The van der Waals surface area contributed by atoms with Gasteiger partial charge in [-0.05, 0) is 6.92 Å². The molecule has 1 aliphatic heterocycles. The fourth-order valence-corrected chi connectivity index (χ4v) is 2.34. The van der Waals surface area contributed by atoms with E-state index in [1.165, 1.54) is 24.1 Å². The molecule has 2 aromatic rings. The van der Waals surface area contributed by atoms with Gasteiger partial charge < -0.3 is 25.8 Å². The molecule has 108 valence electrons. The van der Waals surface area contributed by atoms with E-state index in [0.717, 1.165) is 0 Å². The lowest BCUT2D eigenvalue weighted by molar-refractivity contribution is -0.115. The zero-order chi connectivity index (χ0) is 14.5. The molecule has 20 heavy (non-hydrogen) atoms. The minimum absolute atomic E-state index is 0.215. The maximum atomic E-state index is 10.1. The molecule has 0 spiro atoms. The highest BCUT2D eigenvalue weighted by Crippen LogP contribution is 2.37. The lowest BCUT2D eigenvalue weighted by Gasteiger charge is -2.24. The highest BCUT2D eigenvalue weighted by atomic mass is 16.6. The highest BCUT2D eigenvalue weighted by Gasteiger charge is 2.52. The van der Waals surface area contributed by atoms with E-state index in [0.29, 0.717) is 11.2 Å². The SMILES string of the molecule is C[C@]1(CO)OC(n2cnc3c(N)ncnc32)[C@H](O)[C@@H]1O. The van der Waals surface area contributed by atoms with Crippen LogP contribution in [0.1, 0.15) is 13.2 Å². The van der Waals surface area contributed by atoms with Crippen LogP contribution in [0.4, 0.5) is 5.82 Å². The number of aliphatic hydroxyl groups excluding tert-OH is 3. The lowest BCUT2D eigenvalue weighted by Crippen LogP contribution is -2.43. The molecule has 5 N–H and O–H groups in total. The zero-order valence-corrected chi connectivity index (χ0v) is 10.7. The fourth-order valence-electron chi connectivity index (χ4n) is 2.34. The van der Waals surface area contributed by atoms with Gasteiger partial charge in [0.2, 0.25) is 0 Å². The number of rotatable bonds is 2. The molecular weight excluding hydrogens is 266 g/mol. The molecule has 3 rings (SSSR count). The normalized spacial score (nSPS) is 33.9. The molecule has 0 bridgehead atoms. The Morgan fingerprint density at radius 1 is 1.40 bits per heavy atom. The molecule has 1 fully saturated rings. The van der Waals surface area contributed by atoms with Crippen LogP contribution in [0.2, 0.25) is 0 Å². The molecule has 1 saturated heterocycles. The summed E-state index contributed by atoms with van der Waals surface area (Å²) < 4.78 is 7.05. The van der Waals surface area contributed by atoms with Gasteiger partial charge >= 0.3 is 0 Å². The van der Waals surface area contributed by atoms with Gasteiger partial charge in [-0.1, -0.05) is 0 Å². The van der Waals surface area contributed by atoms with Crippen molar-refractivity contribution in [2.24, 2.45) is 0 Å². The van der Waals surface area contributed by atoms with E-state index < -0.39 is 30.6 Å². The smallest absolute Gasteiger partial charge is 0.167 e. The van der Waals surface area contributed by atoms with Gasteiger partial charge in [-0.3, -0.25) is 4.57 Å². The second-order valence-corrected chi connectivity index (χ2v) is 5.00. The third-order valence-corrected chi connectivity index (χ3v) is 3.61. The van der Waals surface area contributed by atoms with Crippen LogP contribution in [0, 0.1) is 0 Å². The summed E-state index contributed by atoms with van der Waals surface area (Å²) in [6.45, 7) is 1.09. The van der Waals surface area contributed by atoms with Gasteiger partial charge in [-0.25, -0.2) is 15.0 Å². The average molecular weight is 281 g/mol. The van der Waals surface area contributed by atoms with Crippen LogP contribution in [0.3, 0.4) is 0 Å². The Balaban J connectivity index is 2.06. The highest BCUT2D eigenvalue weighted by molar-refractivity contribution is 5.81. The van der Waals surface area contributed by atoms with Crippen LogP contribution in [0.25, 0.3) is 11.2 Å². The summed E-state index contributed by atoms with van der Waals surface area (Å²) >= 11 is 0. The van der Waals surface area contributed by atoms with Gasteiger partial charge in [0.05, 0.1) is 12.9 Å². The molecule has 2 aromatic heterocycles. The van der Waals surface area contributed by atoms with Gasteiger partial charge in [-0.2, -0.15) is 0 Å². The predicted octanol–water partition coefficient (Wildman–Crippen LogP) is -1.59. The topological polar surface area (TPSA) is 140 Å². The monoisotopic (exact) mass is 281 g/mol. The first-order valence-corrected chi connectivity index (χ1v) is 6.06. The van der Waals surface area contributed by atoms with Crippen molar-refractivity contribution in [1.29, 1.82) is 0 Å². The first kappa shape index (κ1) is 13.2. The number of fused-ring (bicyclic) bond motifs is 1. The average Bonchev–Trinajstić information content (AvgIpc) is 2.96. The second-order valence-electron chi connectivity index (χ2n) is 5.00. The number of nitrogen functional groups attached to an aromatic ring is 1. The van der Waals surface area contributed by atoms with Crippen molar-refractivity contribution < 1.29 is 20.1 Å². The molecule has 0 aliphatic carbocycles. The Bertz CT molecular complexity index is 647. The largest absolute Gasteiger partial charge is 0.393 e. The first-order chi connectivity index (χ1) is 9.48. The molecule has 1 unspecified atom stereocenters. The Hall–Kier alpha value is -1.81. The Kier molecular flexibility index (Phi) is 2.87. The summed E-state index contributed by atoms with van der Waals surface area (Å²) in [6.07, 6.45) is -0.686. The standard InChI is InChI=1S/C11H15N5O4/c1-11(2-17)7(19)6(18)10(20-11)16-4-15-5-8(12)13-3-14-9(5)16/h3-4,6-7,10,17-19H,2H2,1H3,(H2,12,13,14)/t6-,7+,10?,11-/m1/s1. The third kappa shape index (κ3) is 1.68. The van der Waals surface area contributed by atoms with E-state index in [-0.39, 0.29) is 5.82 Å². The summed E-state index contributed by atoms with van der Waals surface area (Å²) in [5.41, 5.74) is 5.21. The van der Waals surface area contributed by atoms with Gasteiger partial charge in [0.1, 0.15) is 29.7 Å². The van der Waals surface area contributed by atoms with Crippen LogP contribution in [-0.2, 0) is 4.74 Å². The number of aliphatic hydroxyl groups is 3. The molecule has 4 atom stereocenters. The van der Waals surface area contributed by atoms with Crippen molar-refractivity contribution in [2.45, 2.75) is 31.0 Å². The Labute approximate surface area is 113 Å². The maximum Gasteiger partial charge on any atom is 0.167 e. The van der Waals surface area contributed by atoms with Gasteiger partial charge in [-0.15, -0.1) is 0 Å². The van der Waals surface area contributed by atoms with Gasteiger partial charge in [0.25, 0.3) is 0 Å². The number of hydrogen-bond acceptors (Lipinski definition) is 8. The quantitative estimate of drug-likeness (QED) is 0.516. The number of imidazole rings is 1. The third-order valence-electron chi connectivity index (χ3n) is 3.61. The van der Waals surface area contributed by atoms with Crippen LogP contribution in [0.5, 0.6) is 0 Å². The van der Waals surface area contributed by atoms with E-state index in [1.807, 2.05) is 0 Å². The number of nitrogens with two attached hydrogens (primary N) is 1. The van der Waals surface area contributed by atoms with Crippen molar-refractivity contribution >= 4 is 17.0 Å². The van der Waals surface area contributed by atoms with E-state index in [9.17, 15) is 15.3 Å². The van der Waals surface area contributed by atoms with Crippen LogP contribution < -0.4 is 5.73 Å². The van der Waals surface area contributed by atoms with Gasteiger partial charge in [0.15, 0.2) is 17.7 Å². The number of aromatic nitrogens is 4. The number of hydrogen-bond donors (Lipinski definition) is 4. The molecule has 0 aromatic carbocycles. The predicted molar refractivity (Wildman–Crippen MR) is 67.4 cm³/mol. The Morgan fingerprint density at radius 3 is 2.80 bits per heavy atom. The van der Waals surface area contributed by atoms with Gasteiger partial charge in [0, 0.05) is 0 Å². The molecule has 0 amide bonds. The van der Waals surface area contributed by atoms with Crippen molar-refractivity contribution in [3.63, 3.8) is 0 Å². The summed E-state index contributed by atoms with van der Waals surface area (Å²) in [7, 11) is 0. The zero-order valence-electron chi connectivity index (χ0n) is 10.7. The molecule has 3 heterocycles. The molecular formula is C11H15N5O4. The van der Waals surface area contributed by atoms with E-state index in [4.69, 9.17) is 10.5 Å². The number of anilines is 1. The molecule has 9 nitrogen and oxygen atoms in total. The van der Waals surface area contributed by atoms with Crippen molar-refractivity contribution in [2.75, 3.05) is 12.3 Å². The second kappa shape index (κ2) is 4.35. The molecule has 0 saturated carbocycles. The fraction of sp³-hybridized carbons (Fsp3) is 0.545. The minimum Gasteiger partial charge on any atom is -0.393 e. The Morgan fingerprint density at radius 2 is 2.15 bits per heavy atom. The summed E-state index contributed by atoms with van der Waals surface area (Å²) in [6, 6.07) is 0. The lowest BCUT2D eigenvalue weighted by atomic mass is 9.99. The molecule has 0 radical (unpaired) electrons. The number of ether oxygens (including phenoxy) is 1. The first-order valence-electron chi connectivity index (χ1n) is 6.06. The van der Waals surface area contributed by atoms with E-state index in [2.05, 4.69) is 15.0 Å². The van der Waals surface area contributed by atoms with Crippen LogP contribution in [0.15, 0.2) is 12.7 Å². The summed E-state index contributed by atoms with van der Waals surface area (Å²) in [4.78, 5) is 12.0. The minimum atomic E-state index is -1.25. The molecule has 1 aliphatic rings. The van der Waals surface area contributed by atoms with Crippen molar-refractivity contribution in [1.82, 2.24) is 19.5 Å². The molecule has 9 heteroatoms. The van der Waals surface area contributed by atoms with E-state index >= 15 is 0 Å². The van der Waals surface area contributed by atoms with Crippen molar-refractivity contribution in [3.8, 4) is 0 Å². The maximum absolute atomic E-state index is 10.1. The summed E-state index contributed by atoms with van der Waals surface area (Å²) in [5.74, 6) is 0.215. The van der Waals surface area contributed by atoms with Crippen LogP contribution in [-0.4, -0.2) is 59.3 Å². The van der Waals surface area contributed by atoms with Crippen LogP contribution >= 0.6 is 0 Å². The van der Waals surface area contributed by atoms with E-state index in [1.54, 1.807) is 0 Å².